The van der Waals surface area contributed by atoms with E-state index in [1.807, 2.05) is 25.1 Å². The molecule has 0 atom stereocenters. The molecule has 29 heavy (non-hydrogen) atoms. The standard InChI is InChI=1S/C20H22N4O5/c1-13-10-15(18(25)24-6-4-20(5-7-24)28-8-9-29-20)23-19(21-13)22-14-2-3-16-17(11-14)27-12-26-16/h2-3,10-11H,4-9,12H2,1H3,(H,21,22,23). The minimum atomic E-state index is -0.509. The van der Waals surface area contributed by atoms with E-state index in [4.69, 9.17) is 18.9 Å². The van der Waals surface area contributed by atoms with E-state index in [1.165, 1.54) is 0 Å². The highest BCUT2D eigenvalue weighted by molar-refractivity contribution is 5.92. The largest absolute Gasteiger partial charge is 0.454 e. The van der Waals surface area contributed by atoms with Crippen molar-refractivity contribution < 1.29 is 23.7 Å². The van der Waals surface area contributed by atoms with Gasteiger partial charge in [0.2, 0.25) is 12.7 Å². The van der Waals surface area contributed by atoms with Gasteiger partial charge in [-0.3, -0.25) is 4.79 Å². The van der Waals surface area contributed by atoms with Crippen LogP contribution in [-0.2, 0) is 9.47 Å². The van der Waals surface area contributed by atoms with Crippen molar-refractivity contribution in [1.82, 2.24) is 14.9 Å². The summed E-state index contributed by atoms with van der Waals surface area (Å²) in [7, 11) is 0. The molecule has 1 aromatic heterocycles. The van der Waals surface area contributed by atoms with Gasteiger partial charge in [-0.2, -0.15) is 0 Å². The fraction of sp³-hybridized carbons (Fsp3) is 0.450. The lowest BCUT2D eigenvalue weighted by molar-refractivity contribution is -0.181. The minimum absolute atomic E-state index is 0.114. The van der Waals surface area contributed by atoms with Crippen molar-refractivity contribution in [2.45, 2.75) is 25.6 Å². The van der Waals surface area contributed by atoms with Crippen molar-refractivity contribution in [2.75, 3.05) is 38.4 Å². The zero-order valence-electron chi connectivity index (χ0n) is 16.1. The highest BCUT2D eigenvalue weighted by Gasteiger charge is 2.41. The molecule has 0 radical (unpaired) electrons. The number of ether oxygens (including phenoxy) is 4. The van der Waals surface area contributed by atoms with Gasteiger partial charge in [-0.1, -0.05) is 0 Å². The molecule has 152 valence electrons. The van der Waals surface area contributed by atoms with Crippen LogP contribution in [0.5, 0.6) is 11.5 Å². The van der Waals surface area contributed by atoms with Crippen LogP contribution in [0, 0.1) is 6.92 Å². The monoisotopic (exact) mass is 398 g/mol. The lowest BCUT2D eigenvalue weighted by Crippen LogP contribution is -2.47. The van der Waals surface area contributed by atoms with E-state index in [0.29, 0.717) is 68.0 Å². The number of carbonyl (C=O) groups excluding carboxylic acids is 1. The van der Waals surface area contributed by atoms with Crippen molar-refractivity contribution in [2.24, 2.45) is 0 Å². The highest BCUT2D eigenvalue weighted by Crippen LogP contribution is 2.35. The molecule has 0 unspecified atom stereocenters. The number of fused-ring (bicyclic) bond motifs is 1. The van der Waals surface area contributed by atoms with Gasteiger partial charge in [-0.05, 0) is 25.1 Å². The topological polar surface area (TPSA) is 95.0 Å². The number of rotatable bonds is 3. The summed E-state index contributed by atoms with van der Waals surface area (Å²) in [6, 6.07) is 7.21. The number of likely N-dealkylation sites (tertiary alicyclic amines) is 1. The molecule has 0 aliphatic carbocycles. The number of hydrogen-bond donors (Lipinski definition) is 1. The van der Waals surface area contributed by atoms with Crippen LogP contribution in [0.15, 0.2) is 24.3 Å². The van der Waals surface area contributed by atoms with Crippen LogP contribution in [-0.4, -0.2) is 59.7 Å². The molecule has 4 heterocycles. The molecular weight excluding hydrogens is 376 g/mol. The Morgan fingerprint density at radius 3 is 2.62 bits per heavy atom. The molecule has 1 N–H and O–H groups in total. The van der Waals surface area contributed by atoms with Gasteiger partial charge < -0.3 is 29.2 Å². The predicted molar refractivity (Wildman–Crippen MR) is 102 cm³/mol. The molecule has 2 aromatic rings. The Labute approximate surface area is 167 Å². The second-order valence-corrected chi connectivity index (χ2v) is 7.31. The van der Waals surface area contributed by atoms with Crippen LogP contribution >= 0.6 is 0 Å². The average Bonchev–Trinajstić information content (AvgIpc) is 3.37. The number of anilines is 2. The molecule has 0 saturated carbocycles. The summed E-state index contributed by atoms with van der Waals surface area (Å²) in [4.78, 5) is 23.6. The number of nitrogens with one attached hydrogen (secondary N) is 1. The molecule has 0 bridgehead atoms. The number of aryl methyl sites for hydroxylation is 1. The van der Waals surface area contributed by atoms with Crippen molar-refractivity contribution in [3.8, 4) is 11.5 Å². The highest BCUT2D eigenvalue weighted by atomic mass is 16.7. The first-order valence-electron chi connectivity index (χ1n) is 9.70. The zero-order valence-corrected chi connectivity index (χ0v) is 16.1. The maximum atomic E-state index is 13.0. The summed E-state index contributed by atoms with van der Waals surface area (Å²) in [5.74, 6) is 1.11. The molecule has 9 heteroatoms. The molecular formula is C20H22N4O5. The van der Waals surface area contributed by atoms with Gasteiger partial charge in [0.25, 0.3) is 5.91 Å². The molecule has 1 aromatic carbocycles. The SMILES string of the molecule is Cc1cc(C(=O)N2CCC3(CC2)OCCO3)nc(Nc2ccc3c(c2)OCO3)n1. The lowest BCUT2D eigenvalue weighted by Gasteiger charge is -2.37. The molecule has 1 spiro atoms. The number of nitrogens with zero attached hydrogens (tertiary/aromatic N) is 3. The molecule has 2 saturated heterocycles. The number of benzene rings is 1. The maximum absolute atomic E-state index is 13.0. The lowest BCUT2D eigenvalue weighted by atomic mass is 10.0. The van der Waals surface area contributed by atoms with E-state index in [0.717, 1.165) is 5.69 Å². The number of piperidine rings is 1. The van der Waals surface area contributed by atoms with Crippen LogP contribution in [0.25, 0.3) is 0 Å². The van der Waals surface area contributed by atoms with Crippen LogP contribution in [0.4, 0.5) is 11.6 Å². The number of hydrogen-bond acceptors (Lipinski definition) is 8. The molecule has 2 fully saturated rings. The minimum Gasteiger partial charge on any atom is -0.454 e. The summed E-state index contributed by atoms with van der Waals surface area (Å²) in [6.45, 7) is 4.45. The average molecular weight is 398 g/mol. The Morgan fingerprint density at radius 1 is 1.07 bits per heavy atom. The van der Waals surface area contributed by atoms with E-state index in [2.05, 4.69) is 15.3 Å². The summed E-state index contributed by atoms with van der Waals surface area (Å²) in [5, 5.41) is 3.14. The fourth-order valence-electron chi connectivity index (χ4n) is 3.84. The predicted octanol–water partition coefficient (Wildman–Crippen LogP) is 2.24. The van der Waals surface area contributed by atoms with E-state index >= 15 is 0 Å². The van der Waals surface area contributed by atoms with Crippen LogP contribution in [0.2, 0.25) is 0 Å². The number of carbonyl (C=O) groups is 1. The van der Waals surface area contributed by atoms with Gasteiger partial charge in [-0.15, -0.1) is 0 Å². The van der Waals surface area contributed by atoms with Gasteiger partial charge >= 0.3 is 0 Å². The molecule has 9 nitrogen and oxygen atoms in total. The third-order valence-electron chi connectivity index (χ3n) is 5.33. The van der Waals surface area contributed by atoms with Gasteiger partial charge in [0.1, 0.15) is 5.69 Å². The van der Waals surface area contributed by atoms with E-state index in [9.17, 15) is 4.79 Å². The second-order valence-electron chi connectivity index (χ2n) is 7.31. The Kier molecular flexibility index (Phi) is 4.48. The van der Waals surface area contributed by atoms with Gasteiger partial charge in [-0.25, -0.2) is 9.97 Å². The molecule has 3 aliphatic rings. The summed E-state index contributed by atoms with van der Waals surface area (Å²) >= 11 is 0. The summed E-state index contributed by atoms with van der Waals surface area (Å²) in [6.07, 6.45) is 1.34. The third-order valence-corrected chi connectivity index (χ3v) is 5.33. The van der Waals surface area contributed by atoms with Crippen LogP contribution in [0.3, 0.4) is 0 Å². The smallest absolute Gasteiger partial charge is 0.272 e. The van der Waals surface area contributed by atoms with Crippen molar-refractivity contribution in [3.63, 3.8) is 0 Å². The van der Waals surface area contributed by atoms with Crippen LogP contribution in [0.1, 0.15) is 29.0 Å². The maximum Gasteiger partial charge on any atom is 0.272 e. The summed E-state index contributed by atoms with van der Waals surface area (Å²) in [5.41, 5.74) is 1.83. The Balaban J connectivity index is 1.31. The number of aromatic nitrogens is 2. The first kappa shape index (κ1) is 18.1. The first-order valence-corrected chi connectivity index (χ1v) is 9.70. The second kappa shape index (κ2) is 7.16. The molecule has 3 aliphatic heterocycles. The Hall–Kier alpha value is -2.91. The summed E-state index contributed by atoms with van der Waals surface area (Å²) < 4.78 is 22.2. The number of amides is 1. The van der Waals surface area contributed by atoms with Crippen molar-refractivity contribution in [1.29, 1.82) is 0 Å². The van der Waals surface area contributed by atoms with Crippen molar-refractivity contribution >= 4 is 17.5 Å². The first-order chi connectivity index (χ1) is 14.1. The van der Waals surface area contributed by atoms with Gasteiger partial charge in [0.05, 0.1) is 13.2 Å². The normalized spacial score (nSPS) is 19.6. The van der Waals surface area contributed by atoms with Gasteiger partial charge in [0, 0.05) is 43.4 Å². The van der Waals surface area contributed by atoms with Gasteiger partial charge in [0.15, 0.2) is 17.3 Å². The zero-order chi connectivity index (χ0) is 19.8. The molecule has 5 rings (SSSR count). The van der Waals surface area contributed by atoms with E-state index in [-0.39, 0.29) is 12.7 Å². The third kappa shape index (κ3) is 3.58. The van der Waals surface area contributed by atoms with Crippen LogP contribution < -0.4 is 14.8 Å². The quantitative estimate of drug-likeness (QED) is 0.841. The van der Waals surface area contributed by atoms with E-state index < -0.39 is 5.79 Å². The van der Waals surface area contributed by atoms with E-state index in [1.54, 1.807) is 11.0 Å². The Bertz CT molecular complexity index is 934. The van der Waals surface area contributed by atoms with Crippen molar-refractivity contribution in [3.05, 3.63) is 35.7 Å². The Morgan fingerprint density at radius 2 is 1.83 bits per heavy atom. The molecule has 1 amide bonds. The fourth-order valence-corrected chi connectivity index (χ4v) is 3.84.